The maximum absolute atomic E-state index is 15.7. The Balaban J connectivity index is 1.79. The van der Waals surface area contributed by atoms with Gasteiger partial charge in [-0.2, -0.15) is 0 Å². The van der Waals surface area contributed by atoms with Crippen LogP contribution in [0.4, 0.5) is 8.78 Å². The third-order valence-corrected chi connectivity index (χ3v) is 7.08. The van der Waals surface area contributed by atoms with Gasteiger partial charge in [0.2, 0.25) is 5.91 Å². The maximum Gasteiger partial charge on any atom is 0.249 e. The summed E-state index contributed by atoms with van der Waals surface area (Å²) in [7, 11) is 0. The number of aromatic nitrogens is 3. The van der Waals surface area contributed by atoms with Gasteiger partial charge in [-0.3, -0.25) is 9.36 Å². The lowest BCUT2D eigenvalue weighted by molar-refractivity contribution is 0.100. The van der Waals surface area contributed by atoms with E-state index in [0.717, 1.165) is 10.9 Å². The SMILES string of the molecule is NC(=O)c1ccccc1-c1nc(-c2ccc3cc[nH]c3c2)n(-c2cccc(Cl)c2F)c1-c1ccc(F)c(Cl)c1. The number of H-pyrrole nitrogens is 1. The summed E-state index contributed by atoms with van der Waals surface area (Å²) >= 11 is 12.4. The maximum atomic E-state index is 15.7. The molecule has 0 aliphatic rings. The number of hydrogen-bond acceptors (Lipinski definition) is 2. The topological polar surface area (TPSA) is 76.7 Å². The van der Waals surface area contributed by atoms with E-state index in [9.17, 15) is 9.18 Å². The minimum atomic E-state index is -0.678. The molecule has 2 aromatic heterocycles. The number of hydrogen-bond donors (Lipinski definition) is 2. The summed E-state index contributed by atoms with van der Waals surface area (Å²) in [5.74, 6) is -1.59. The molecule has 5 nitrogen and oxygen atoms in total. The van der Waals surface area contributed by atoms with Crippen molar-refractivity contribution in [2.45, 2.75) is 0 Å². The highest BCUT2D eigenvalue weighted by atomic mass is 35.5. The van der Waals surface area contributed by atoms with E-state index >= 15 is 4.39 Å². The Morgan fingerprint density at radius 3 is 2.46 bits per heavy atom. The fourth-order valence-electron chi connectivity index (χ4n) is 4.70. The van der Waals surface area contributed by atoms with E-state index in [0.29, 0.717) is 33.9 Å². The molecular formula is C30H18Cl2F2N4O. The first kappa shape index (κ1) is 24.9. The summed E-state index contributed by atoms with van der Waals surface area (Å²) in [6.07, 6.45) is 1.82. The van der Waals surface area contributed by atoms with Gasteiger partial charge in [0.15, 0.2) is 5.82 Å². The molecule has 0 aliphatic heterocycles. The van der Waals surface area contributed by atoms with Crippen molar-refractivity contribution in [2.75, 3.05) is 0 Å². The van der Waals surface area contributed by atoms with Crippen molar-refractivity contribution in [3.05, 3.63) is 118 Å². The summed E-state index contributed by atoms with van der Waals surface area (Å²) in [5.41, 5.74) is 9.10. The molecule has 192 valence electrons. The number of carbonyl (C=O) groups is 1. The van der Waals surface area contributed by atoms with Crippen LogP contribution >= 0.6 is 23.2 Å². The summed E-state index contributed by atoms with van der Waals surface area (Å²) in [5, 5.41) is 0.764. The van der Waals surface area contributed by atoms with Crippen LogP contribution in [0.5, 0.6) is 0 Å². The Kier molecular flexibility index (Phi) is 6.17. The van der Waals surface area contributed by atoms with Crippen LogP contribution in [0.3, 0.4) is 0 Å². The van der Waals surface area contributed by atoms with Gasteiger partial charge < -0.3 is 10.7 Å². The van der Waals surface area contributed by atoms with Crippen molar-refractivity contribution < 1.29 is 13.6 Å². The fourth-order valence-corrected chi connectivity index (χ4v) is 5.05. The molecule has 0 aliphatic carbocycles. The summed E-state index contributed by atoms with van der Waals surface area (Å²) < 4.78 is 31.5. The molecule has 2 heterocycles. The van der Waals surface area contributed by atoms with E-state index in [1.165, 1.54) is 24.3 Å². The van der Waals surface area contributed by atoms with Crippen molar-refractivity contribution in [1.29, 1.82) is 0 Å². The predicted octanol–water partition coefficient (Wildman–Crippen LogP) is 8.04. The molecule has 6 rings (SSSR count). The third-order valence-electron chi connectivity index (χ3n) is 6.50. The van der Waals surface area contributed by atoms with Gasteiger partial charge in [-0.05, 0) is 53.9 Å². The Bertz CT molecular complexity index is 1910. The number of carbonyl (C=O) groups excluding carboxylic acids is 1. The molecular weight excluding hydrogens is 541 g/mol. The normalized spacial score (nSPS) is 11.3. The molecule has 0 atom stereocenters. The lowest BCUT2D eigenvalue weighted by atomic mass is 9.99. The first-order valence-electron chi connectivity index (χ1n) is 11.8. The molecule has 3 N–H and O–H groups in total. The molecule has 1 amide bonds. The summed E-state index contributed by atoms with van der Waals surface area (Å²) in [4.78, 5) is 20.6. The molecule has 9 heteroatoms. The van der Waals surface area contributed by atoms with Crippen LogP contribution in [0.1, 0.15) is 10.4 Å². The van der Waals surface area contributed by atoms with Gasteiger partial charge in [0.25, 0.3) is 0 Å². The fraction of sp³-hybridized carbons (Fsp3) is 0. The number of primary amides is 1. The molecule has 0 saturated heterocycles. The lowest BCUT2D eigenvalue weighted by Crippen LogP contribution is -2.12. The monoisotopic (exact) mass is 558 g/mol. The second-order valence-electron chi connectivity index (χ2n) is 8.86. The number of aromatic amines is 1. The number of halogens is 4. The molecule has 0 spiro atoms. The van der Waals surface area contributed by atoms with Crippen LogP contribution in [0.15, 0.2) is 91.1 Å². The number of rotatable bonds is 5. The van der Waals surface area contributed by atoms with Crippen molar-refractivity contribution in [1.82, 2.24) is 14.5 Å². The largest absolute Gasteiger partial charge is 0.366 e. The van der Waals surface area contributed by atoms with Gasteiger partial charge in [-0.15, -0.1) is 0 Å². The quantitative estimate of drug-likeness (QED) is 0.224. The number of benzene rings is 4. The number of nitrogens with zero attached hydrogens (tertiary/aromatic N) is 2. The van der Waals surface area contributed by atoms with Crippen molar-refractivity contribution >= 4 is 40.0 Å². The molecule has 39 heavy (non-hydrogen) atoms. The van der Waals surface area contributed by atoms with E-state index < -0.39 is 17.5 Å². The number of nitrogens with one attached hydrogen (secondary N) is 1. The van der Waals surface area contributed by atoms with Crippen molar-refractivity contribution in [3.63, 3.8) is 0 Å². The van der Waals surface area contributed by atoms with Gasteiger partial charge in [0.1, 0.15) is 11.6 Å². The molecule has 0 fully saturated rings. The van der Waals surface area contributed by atoms with Crippen LogP contribution < -0.4 is 5.73 Å². The minimum Gasteiger partial charge on any atom is -0.366 e. The lowest BCUT2D eigenvalue weighted by Gasteiger charge is -2.16. The first-order valence-corrected chi connectivity index (χ1v) is 12.6. The second-order valence-corrected chi connectivity index (χ2v) is 9.67. The van der Waals surface area contributed by atoms with E-state index in [-0.39, 0.29) is 21.3 Å². The van der Waals surface area contributed by atoms with Gasteiger partial charge in [0.05, 0.1) is 27.1 Å². The molecule has 0 radical (unpaired) electrons. The number of imidazole rings is 1. The third kappa shape index (κ3) is 4.26. The van der Waals surface area contributed by atoms with E-state index in [1.807, 2.05) is 30.5 Å². The predicted molar refractivity (Wildman–Crippen MR) is 150 cm³/mol. The Morgan fingerprint density at radius 2 is 1.67 bits per heavy atom. The number of fused-ring (bicyclic) bond motifs is 1. The standard InChI is InChI=1S/C30H18Cl2F2N4O/c31-21-6-3-7-25(26(21)34)38-28(17-10-11-23(33)22(32)14-17)27(19-4-1-2-5-20(19)29(35)39)37-30(38)18-9-8-16-12-13-36-24(16)15-18/h1-15,36H,(H2,35,39). The summed E-state index contributed by atoms with van der Waals surface area (Å²) in [6, 6.07) is 23.1. The van der Waals surface area contributed by atoms with Crippen LogP contribution in [-0.4, -0.2) is 20.4 Å². The Labute approximate surface area is 231 Å². The molecule has 4 aromatic carbocycles. The van der Waals surface area contributed by atoms with Gasteiger partial charge in [-0.25, -0.2) is 13.8 Å². The van der Waals surface area contributed by atoms with Gasteiger partial charge >= 0.3 is 0 Å². The molecule has 0 bridgehead atoms. The van der Waals surface area contributed by atoms with E-state index in [2.05, 4.69) is 4.98 Å². The average Bonchev–Trinajstić information content (AvgIpc) is 3.56. The highest BCUT2D eigenvalue weighted by molar-refractivity contribution is 6.31. The zero-order chi connectivity index (χ0) is 27.3. The van der Waals surface area contributed by atoms with Crippen LogP contribution in [0, 0.1) is 11.6 Å². The van der Waals surface area contributed by atoms with E-state index in [1.54, 1.807) is 41.0 Å². The number of amides is 1. The Morgan fingerprint density at radius 1 is 0.872 bits per heavy atom. The second kappa shape index (κ2) is 9.69. The average molecular weight is 559 g/mol. The van der Waals surface area contributed by atoms with Crippen LogP contribution in [-0.2, 0) is 0 Å². The van der Waals surface area contributed by atoms with E-state index in [4.69, 9.17) is 33.9 Å². The van der Waals surface area contributed by atoms with Crippen LogP contribution in [0.25, 0.3) is 50.5 Å². The highest BCUT2D eigenvalue weighted by Crippen LogP contribution is 2.42. The van der Waals surface area contributed by atoms with Crippen molar-refractivity contribution in [3.8, 4) is 39.6 Å². The Hall–Kier alpha value is -4.46. The first-order chi connectivity index (χ1) is 18.8. The van der Waals surface area contributed by atoms with Crippen LogP contribution in [0.2, 0.25) is 10.0 Å². The summed E-state index contributed by atoms with van der Waals surface area (Å²) in [6.45, 7) is 0. The zero-order valence-electron chi connectivity index (χ0n) is 20.1. The minimum absolute atomic E-state index is 0.0888. The zero-order valence-corrected chi connectivity index (χ0v) is 21.6. The van der Waals surface area contributed by atoms with Gasteiger partial charge in [0, 0.05) is 34.0 Å². The molecule has 0 unspecified atom stereocenters. The van der Waals surface area contributed by atoms with Gasteiger partial charge in [-0.1, -0.05) is 59.6 Å². The molecule has 0 saturated carbocycles. The molecule has 6 aromatic rings. The highest BCUT2D eigenvalue weighted by Gasteiger charge is 2.27. The number of nitrogens with two attached hydrogens (primary N) is 1. The smallest absolute Gasteiger partial charge is 0.249 e. The van der Waals surface area contributed by atoms with Crippen molar-refractivity contribution in [2.24, 2.45) is 5.73 Å².